The van der Waals surface area contributed by atoms with Crippen LogP contribution in [-0.2, 0) is 16.2 Å². The van der Waals surface area contributed by atoms with Gasteiger partial charge in [-0.1, -0.05) is 74.0 Å². The molecule has 5 nitrogen and oxygen atoms in total. The van der Waals surface area contributed by atoms with E-state index in [1.54, 1.807) is 4.90 Å². The number of anilines is 1. The lowest BCUT2D eigenvalue weighted by Crippen LogP contribution is -2.46. The van der Waals surface area contributed by atoms with E-state index in [4.69, 9.17) is 21.3 Å². The second kappa shape index (κ2) is 9.55. The van der Waals surface area contributed by atoms with Gasteiger partial charge in [0.25, 0.3) is 0 Å². The highest BCUT2D eigenvalue weighted by molar-refractivity contribution is 6.32. The molecule has 1 fully saturated rings. The molecule has 0 saturated heterocycles. The largest absolute Gasteiger partial charge is 0.487 e. The molecule has 2 aliphatic rings. The van der Waals surface area contributed by atoms with Crippen LogP contribution in [0.5, 0.6) is 5.75 Å². The Hall–Kier alpha value is -3.44. The predicted octanol–water partition coefficient (Wildman–Crippen LogP) is 7.10. The Kier molecular flexibility index (Phi) is 6.44. The van der Waals surface area contributed by atoms with Crippen LogP contribution in [0.2, 0.25) is 5.02 Å². The van der Waals surface area contributed by atoms with Crippen molar-refractivity contribution in [3.05, 3.63) is 88.9 Å². The molecule has 1 saturated carbocycles. The minimum Gasteiger partial charge on any atom is -0.487 e. The van der Waals surface area contributed by atoms with Gasteiger partial charge in [-0.05, 0) is 47.2 Å². The Morgan fingerprint density at radius 3 is 2.50 bits per heavy atom. The number of carbonyl (C=O) groups excluding carboxylic acids is 2. The highest BCUT2D eigenvalue weighted by Gasteiger charge is 2.47. The highest BCUT2D eigenvalue weighted by Crippen LogP contribution is 2.48. The fourth-order valence-corrected chi connectivity index (χ4v) is 5.62. The predicted molar refractivity (Wildman–Crippen MR) is 143 cm³/mol. The molecule has 0 N–H and O–H groups in total. The van der Waals surface area contributed by atoms with Crippen molar-refractivity contribution in [2.45, 2.75) is 46.3 Å². The molecule has 1 heterocycles. The summed E-state index contributed by atoms with van der Waals surface area (Å²) < 4.78 is 5.97. The lowest BCUT2D eigenvalue weighted by atomic mass is 9.68. The first-order chi connectivity index (χ1) is 17.2. The Balaban J connectivity index is 1.58. The van der Waals surface area contributed by atoms with Gasteiger partial charge in [-0.3, -0.25) is 14.6 Å². The number of hydrogen-bond acceptors (Lipinski definition) is 4. The first-order valence-corrected chi connectivity index (χ1v) is 12.6. The number of Topliss-reactive ketones (excluding diaryl/α,β-unsaturated/α-hetero) is 1. The molecular formula is C30H29ClN2O3. The molecule has 2 atom stereocenters. The molecule has 5 rings (SSSR count). The van der Waals surface area contributed by atoms with Gasteiger partial charge in [-0.2, -0.15) is 0 Å². The third kappa shape index (κ3) is 4.68. The Bertz CT molecular complexity index is 1350. The van der Waals surface area contributed by atoms with E-state index < -0.39 is 12.0 Å². The maximum absolute atomic E-state index is 13.6. The third-order valence-corrected chi connectivity index (χ3v) is 7.19. The maximum Gasteiger partial charge on any atom is 0.224 e. The van der Waals surface area contributed by atoms with Gasteiger partial charge in [0.05, 0.1) is 28.4 Å². The van der Waals surface area contributed by atoms with Gasteiger partial charge in [0.15, 0.2) is 0 Å². The molecule has 0 aromatic heterocycles. The van der Waals surface area contributed by atoms with Crippen LogP contribution in [-0.4, -0.2) is 17.4 Å². The number of ether oxygens (including phenoxy) is 1. The molecule has 36 heavy (non-hydrogen) atoms. The lowest BCUT2D eigenvalue weighted by molar-refractivity contribution is -0.124. The lowest BCUT2D eigenvalue weighted by Gasteiger charge is -2.40. The molecule has 3 aromatic rings. The van der Waals surface area contributed by atoms with Crippen LogP contribution in [0.15, 0.2) is 77.8 Å². The summed E-state index contributed by atoms with van der Waals surface area (Å²) in [6, 6.07) is 22.5. The Morgan fingerprint density at radius 2 is 1.78 bits per heavy atom. The van der Waals surface area contributed by atoms with E-state index in [1.807, 2.05) is 72.8 Å². The van der Waals surface area contributed by atoms with Crippen molar-refractivity contribution in [3.8, 4) is 5.75 Å². The normalized spacial score (nSPS) is 20.6. The smallest absolute Gasteiger partial charge is 0.224 e. The number of fused-ring (bicyclic) bond motifs is 2. The van der Waals surface area contributed by atoms with Crippen LogP contribution in [0.1, 0.15) is 50.8 Å². The minimum atomic E-state index is -0.547. The number of benzene rings is 3. The average molecular weight is 501 g/mol. The fourth-order valence-electron chi connectivity index (χ4n) is 5.37. The molecule has 0 bridgehead atoms. The third-order valence-electron chi connectivity index (χ3n) is 6.89. The standard InChI is InChI=1S/C30H29ClN2O3/c1-19(34)33-25-12-8-7-11-23(25)32-24-16-30(2,3)17-26(35)28(24)29(33)21-13-14-27(22(31)15-21)36-18-20-9-5-4-6-10-20/h4-15,28-29H,16-18H2,1-3H3/t28?,29-/m1/s1. The summed E-state index contributed by atoms with van der Waals surface area (Å²) in [7, 11) is 0. The average Bonchev–Trinajstić information content (AvgIpc) is 2.97. The molecule has 1 unspecified atom stereocenters. The van der Waals surface area contributed by atoms with E-state index in [0.29, 0.717) is 41.6 Å². The number of halogens is 1. The van der Waals surface area contributed by atoms with Crippen molar-refractivity contribution in [1.82, 2.24) is 0 Å². The summed E-state index contributed by atoms with van der Waals surface area (Å²) in [5, 5.41) is 0.437. The van der Waals surface area contributed by atoms with E-state index in [-0.39, 0.29) is 17.1 Å². The van der Waals surface area contributed by atoms with E-state index >= 15 is 0 Å². The van der Waals surface area contributed by atoms with Gasteiger partial charge in [0.2, 0.25) is 5.91 Å². The summed E-state index contributed by atoms with van der Waals surface area (Å²) in [5.41, 5.74) is 3.85. The number of nitrogens with zero attached hydrogens (tertiary/aromatic N) is 2. The van der Waals surface area contributed by atoms with E-state index in [2.05, 4.69) is 13.8 Å². The summed E-state index contributed by atoms with van der Waals surface area (Å²) in [4.78, 5) is 33.4. The van der Waals surface area contributed by atoms with Crippen molar-refractivity contribution in [2.75, 3.05) is 4.90 Å². The zero-order valence-electron chi connectivity index (χ0n) is 20.7. The number of ketones is 1. The zero-order chi connectivity index (χ0) is 25.4. The van der Waals surface area contributed by atoms with Gasteiger partial charge in [-0.25, -0.2) is 0 Å². The summed E-state index contributed by atoms with van der Waals surface area (Å²) in [6.07, 6.45) is 1.12. The molecule has 6 heteroatoms. The van der Waals surface area contributed by atoms with Crippen LogP contribution in [0.3, 0.4) is 0 Å². The topological polar surface area (TPSA) is 59.0 Å². The minimum absolute atomic E-state index is 0.0922. The first-order valence-electron chi connectivity index (χ1n) is 12.2. The summed E-state index contributed by atoms with van der Waals surface area (Å²) >= 11 is 6.70. The molecule has 1 aliphatic carbocycles. The molecule has 184 valence electrons. The Labute approximate surface area is 216 Å². The molecule has 1 amide bonds. The van der Waals surface area contributed by atoms with Crippen LogP contribution in [0.25, 0.3) is 0 Å². The van der Waals surface area contributed by atoms with Crippen LogP contribution in [0.4, 0.5) is 11.4 Å². The number of para-hydroxylation sites is 2. The van der Waals surface area contributed by atoms with Gasteiger partial charge >= 0.3 is 0 Å². The van der Waals surface area contributed by atoms with Crippen molar-refractivity contribution in [2.24, 2.45) is 16.3 Å². The molecule has 0 radical (unpaired) electrons. The van der Waals surface area contributed by atoms with Crippen molar-refractivity contribution < 1.29 is 14.3 Å². The summed E-state index contributed by atoms with van der Waals surface area (Å²) in [6.45, 7) is 6.11. The van der Waals surface area contributed by atoms with E-state index in [0.717, 1.165) is 16.8 Å². The molecule has 1 aliphatic heterocycles. The van der Waals surface area contributed by atoms with Gasteiger partial charge < -0.3 is 9.64 Å². The summed E-state index contributed by atoms with van der Waals surface area (Å²) in [5.74, 6) is -0.0456. The van der Waals surface area contributed by atoms with Gasteiger partial charge in [0, 0.05) is 19.1 Å². The van der Waals surface area contributed by atoms with Crippen LogP contribution < -0.4 is 9.64 Å². The highest BCUT2D eigenvalue weighted by atomic mass is 35.5. The SMILES string of the molecule is CC(=O)N1c2ccccc2N=C2CC(C)(C)CC(=O)C2[C@H]1c1ccc(OCc2ccccc2)c(Cl)c1. The monoisotopic (exact) mass is 500 g/mol. The number of rotatable bonds is 4. The van der Waals surface area contributed by atoms with Crippen molar-refractivity contribution >= 4 is 40.4 Å². The first kappa shape index (κ1) is 24.3. The fraction of sp³-hybridized carbons (Fsp3) is 0.300. The van der Waals surface area contributed by atoms with Crippen molar-refractivity contribution in [1.29, 1.82) is 0 Å². The maximum atomic E-state index is 13.6. The molecular weight excluding hydrogens is 472 g/mol. The van der Waals surface area contributed by atoms with Gasteiger partial charge in [0.1, 0.15) is 18.1 Å². The number of carbonyl (C=O) groups is 2. The van der Waals surface area contributed by atoms with Crippen molar-refractivity contribution in [3.63, 3.8) is 0 Å². The number of hydrogen-bond donors (Lipinski definition) is 0. The quantitative estimate of drug-likeness (QED) is 0.383. The van der Waals surface area contributed by atoms with Gasteiger partial charge in [-0.15, -0.1) is 0 Å². The second-order valence-corrected chi connectivity index (χ2v) is 10.8. The number of amides is 1. The zero-order valence-corrected chi connectivity index (χ0v) is 21.5. The second-order valence-electron chi connectivity index (χ2n) is 10.4. The van der Waals surface area contributed by atoms with Crippen LogP contribution in [0, 0.1) is 11.3 Å². The molecule has 3 aromatic carbocycles. The Morgan fingerprint density at radius 1 is 1.06 bits per heavy atom. The van der Waals surface area contributed by atoms with Crippen LogP contribution >= 0.6 is 11.6 Å². The molecule has 0 spiro atoms. The van der Waals surface area contributed by atoms with E-state index in [1.165, 1.54) is 6.92 Å². The number of aliphatic imine (C=N–C) groups is 1. The van der Waals surface area contributed by atoms with E-state index in [9.17, 15) is 9.59 Å².